The highest BCUT2D eigenvalue weighted by Crippen LogP contribution is 2.30. The van der Waals surface area contributed by atoms with Gasteiger partial charge in [0.2, 0.25) is 0 Å². The molecule has 0 aromatic heterocycles. The Labute approximate surface area is 147 Å². The number of aliphatic hydroxyl groups excluding tert-OH is 7. The lowest BCUT2D eigenvalue weighted by Gasteiger charge is -2.45. The van der Waals surface area contributed by atoms with Crippen molar-refractivity contribution in [1.82, 2.24) is 0 Å². The first-order valence-electron chi connectivity index (χ1n) is 7.57. The molecule has 0 unspecified atom stereocenters. The minimum atomic E-state index is -5.00. The Morgan fingerprint density at radius 2 is 1.38 bits per heavy atom. The van der Waals surface area contributed by atoms with Gasteiger partial charge < -0.3 is 50.0 Å². The summed E-state index contributed by atoms with van der Waals surface area (Å²) in [4.78, 5) is 0. The summed E-state index contributed by atoms with van der Waals surface area (Å²) in [6.45, 7) is -1.68. The minimum Gasteiger partial charge on any atom is -0.394 e. The van der Waals surface area contributed by atoms with E-state index in [4.69, 9.17) is 14.2 Å². The normalized spacial score (nSPS) is 47.7. The summed E-state index contributed by atoms with van der Waals surface area (Å²) in [5.74, 6) is 0. The van der Waals surface area contributed by atoms with Crippen molar-refractivity contribution in [3.63, 3.8) is 0 Å². The zero-order valence-electron chi connectivity index (χ0n) is 13.2. The predicted octanol–water partition coefficient (Wildman–Crippen LogP) is -5.50. The van der Waals surface area contributed by atoms with Crippen LogP contribution in [0.5, 0.6) is 0 Å². The molecule has 8 N–H and O–H groups in total. The molecule has 0 radical (unpaired) electrons. The van der Waals surface area contributed by atoms with Crippen LogP contribution in [0.25, 0.3) is 0 Å². The molecule has 2 aliphatic heterocycles. The molecule has 2 saturated heterocycles. The zero-order chi connectivity index (χ0) is 19.8. The van der Waals surface area contributed by atoms with Crippen molar-refractivity contribution in [2.24, 2.45) is 0 Å². The van der Waals surface area contributed by atoms with Crippen LogP contribution in [0.15, 0.2) is 0 Å². The van der Waals surface area contributed by atoms with Gasteiger partial charge in [-0.05, 0) is 0 Å². The number of rotatable bonds is 5. The molecule has 0 bridgehead atoms. The molecular formula is C12H22O13S. The Morgan fingerprint density at radius 1 is 0.808 bits per heavy atom. The quantitative estimate of drug-likeness (QED) is 0.200. The van der Waals surface area contributed by atoms with Crippen molar-refractivity contribution in [2.45, 2.75) is 60.6 Å². The summed E-state index contributed by atoms with van der Waals surface area (Å²) in [5.41, 5.74) is 0. The lowest BCUT2D eigenvalue weighted by molar-refractivity contribution is -0.343. The molecule has 10 atom stereocenters. The average Bonchev–Trinajstić information content (AvgIpc) is 2.55. The van der Waals surface area contributed by atoms with Gasteiger partial charge in [0.1, 0.15) is 48.0 Å². The van der Waals surface area contributed by atoms with Crippen LogP contribution in [-0.4, -0.2) is 122 Å². The molecule has 0 aromatic rings. The highest BCUT2D eigenvalue weighted by Gasteiger charge is 2.53. The Bertz CT molecular complexity index is 567. The van der Waals surface area contributed by atoms with Crippen LogP contribution in [0.3, 0.4) is 0 Å². The van der Waals surface area contributed by atoms with Gasteiger partial charge in [-0.3, -0.25) is 4.55 Å². The fourth-order valence-corrected chi connectivity index (χ4v) is 3.92. The highest BCUT2D eigenvalue weighted by atomic mass is 32.2. The number of ether oxygens (including phenoxy) is 3. The fourth-order valence-electron chi connectivity index (χ4n) is 2.91. The lowest BCUT2D eigenvalue weighted by Crippen LogP contribution is -2.65. The van der Waals surface area contributed by atoms with Crippen molar-refractivity contribution in [2.75, 3.05) is 13.2 Å². The van der Waals surface area contributed by atoms with Crippen molar-refractivity contribution < 1.29 is 62.9 Å². The third-order valence-corrected chi connectivity index (χ3v) is 5.54. The molecule has 2 rings (SSSR count). The number of hydrogen-bond acceptors (Lipinski definition) is 12. The molecule has 2 heterocycles. The van der Waals surface area contributed by atoms with E-state index in [1.54, 1.807) is 0 Å². The first-order valence-corrected chi connectivity index (χ1v) is 9.08. The number of aliphatic hydroxyl groups is 7. The Kier molecular flexibility index (Phi) is 6.92. The maximum atomic E-state index is 11.4. The van der Waals surface area contributed by atoms with E-state index in [0.717, 1.165) is 0 Å². The summed E-state index contributed by atoms with van der Waals surface area (Å²) < 4.78 is 47.2. The predicted molar refractivity (Wildman–Crippen MR) is 77.9 cm³/mol. The van der Waals surface area contributed by atoms with E-state index in [-0.39, 0.29) is 0 Å². The Hall–Kier alpha value is -0.490. The topological polar surface area (TPSA) is 224 Å². The zero-order valence-corrected chi connectivity index (χ0v) is 14.0. The largest absolute Gasteiger partial charge is 0.394 e. The van der Waals surface area contributed by atoms with E-state index in [1.807, 2.05) is 0 Å². The van der Waals surface area contributed by atoms with Crippen molar-refractivity contribution in [1.29, 1.82) is 0 Å². The van der Waals surface area contributed by atoms with Gasteiger partial charge in [-0.25, -0.2) is 0 Å². The molecule has 0 spiro atoms. The van der Waals surface area contributed by atoms with E-state index < -0.39 is 83.9 Å². The molecule has 2 fully saturated rings. The molecule has 13 nitrogen and oxygen atoms in total. The second kappa shape index (κ2) is 8.26. The van der Waals surface area contributed by atoms with Crippen LogP contribution in [0.2, 0.25) is 0 Å². The van der Waals surface area contributed by atoms with Crippen LogP contribution in [-0.2, 0) is 24.3 Å². The van der Waals surface area contributed by atoms with Gasteiger partial charge in [0.15, 0.2) is 12.6 Å². The van der Waals surface area contributed by atoms with E-state index >= 15 is 0 Å². The minimum absolute atomic E-state index is 0.790. The second-order valence-electron chi connectivity index (χ2n) is 6.02. The van der Waals surface area contributed by atoms with Crippen LogP contribution < -0.4 is 0 Å². The highest BCUT2D eigenvalue weighted by molar-refractivity contribution is 7.86. The maximum Gasteiger partial charge on any atom is 0.273 e. The summed E-state index contributed by atoms with van der Waals surface area (Å²) in [6.07, 6.45) is -16.1. The third kappa shape index (κ3) is 4.16. The molecule has 26 heavy (non-hydrogen) atoms. The molecule has 0 amide bonds. The summed E-state index contributed by atoms with van der Waals surface area (Å²) in [6, 6.07) is 0. The van der Waals surface area contributed by atoms with E-state index in [2.05, 4.69) is 0 Å². The van der Waals surface area contributed by atoms with Crippen LogP contribution in [0.4, 0.5) is 0 Å². The maximum absolute atomic E-state index is 11.4. The molecule has 154 valence electrons. The molecule has 0 aliphatic carbocycles. The van der Waals surface area contributed by atoms with Gasteiger partial charge in [-0.15, -0.1) is 0 Å². The molecule has 14 heteroatoms. The SMILES string of the molecule is O=S(=O)(O)[C@H]1[C@@H](O)[C@H](CO)O[C@@H](O[C@H]2[C@H](O)[C@@H](O)[C@H](O)O[C@@H]2CO)[C@@H]1O. The molecule has 0 saturated carbocycles. The molecule has 0 aromatic carbocycles. The van der Waals surface area contributed by atoms with Gasteiger partial charge in [-0.2, -0.15) is 8.42 Å². The monoisotopic (exact) mass is 406 g/mol. The second-order valence-corrected chi connectivity index (χ2v) is 7.59. The first kappa shape index (κ1) is 21.8. The Balaban J connectivity index is 2.25. The van der Waals surface area contributed by atoms with Crippen LogP contribution >= 0.6 is 0 Å². The fraction of sp³-hybridized carbons (Fsp3) is 1.00. The third-order valence-electron chi connectivity index (χ3n) is 4.30. The van der Waals surface area contributed by atoms with E-state index in [9.17, 15) is 48.7 Å². The lowest BCUT2D eigenvalue weighted by atomic mass is 9.98. The van der Waals surface area contributed by atoms with Gasteiger partial charge in [0.25, 0.3) is 10.1 Å². The van der Waals surface area contributed by atoms with Crippen molar-refractivity contribution in [3.8, 4) is 0 Å². The van der Waals surface area contributed by atoms with Gasteiger partial charge >= 0.3 is 0 Å². The van der Waals surface area contributed by atoms with E-state index in [1.165, 1.54) is 0 Å². The molecular weight excluding hydrogens is 384 g/mol. The van der Waals surface area contributed by atoms with Crippen molar-refractivity contribution in [3.05, 3.63) is 0 Å². The first-order chi connectivity index (χ1) is 12.0. The van der Waals surface area contributed by atoms with Crippen molar-refractivity contribution >= 4 is 10.1 Å². The van der Waals surface area contributed by atoms with Gasteiger partial charge in [0, 0.05) is 0 Å². The summed E-state index contributed by atoms with van der Waals surface area (Å²) >= 11 is 0. The smallest absolute Gasteiger partial charge is 0.273 e. The average molecular weight is 406 g/mol. The Morgan fingerprint density at radius 3 is 1.88 bits per heavy atom. The van der Waals surface area contributed by atoms with Gasteiger partial charge in [-0.1, -0.05) is 0 Å². The van der Waals surface area contributed by atoms with Crippen LogP contribution in [0, 0.1) is 0 Å². The van der Waals surface area contributed by atoms with Crippen LogP contribution in [0.1, 0.15) is 0 Å². The standard InChI is InChI=1S/C12H22O13S/c13-1-3-5(15)10(26(20,21)22)8(18)12(24-3)25-9-4(2-14)23-11(19)7(17)6(9)16/h3-19H,1-2H2,(H,20,21,22)/t3-,4+,5-,6+,7+,8+,9+,10-,11+,12-/m0/s1. The van der Waals surface area contributed by atoms with E-state index in [0.29, 0.717) is 0 Å². The summed E-state index contributed by atoms with van der Waals surface area (Å²) in [7, 11) is -5.00. The number of hydrogen-bond donors (Lipinski definition) is 8. The summed E-state index contributed by atoms with van der Waals surface area (Å²) in [5, 5.41) is 65.3. The molecule has 2 aliphatic rings. The van der Waals surface area contributed by atoms with Gasteiger partial charge in [0.05, 0.1) is 13.2 Å².